The molecule has 1 saturated heterocycles. The molecular weight excluding hydrogens is 390 g/mol. The maximum Gasteiger partial charge on any atom is 0.232 e. The van der Waals surface area contributed by atoms with Crippen molar-refractivity contribution in [3.05, 3.63) is 66.1 Å². The average Bonchev–Trinajstić information content (AvgIpc) is 3.42. The normalized spacial score (nSPS) is 17.2. The molecule has 162 valence electrons. The van der Waals surface area contributed by atoms with Gasteiger partial charge < -0.3 is 14.2 Å². The van der Waals surface area contributed by atoms with E-state index >= 15 is 0 Å². The zero-order valence-electron chi connectivity index (χ0n) is 18.2. The third-order valence-corrected chi connectivity index (χ3v) is 5.75. The van der Waals surface area contributed by atoms with E-state index in [9.17, 15) is 4.79 Å². The lowest BCUT2D eigenvalue weighted by atomic mass is 10.0. The predicted molar refractivity (Wildman–Crippen MR) is 119 cm³/mol. The molecule has 2 atom stereocenters. The summed E-state index contributed by atoms with van der Waals surface area (Å²) < 4.78 is 11.2. The highest BCUT2D eigenvalue weighted by atomic mass is 16.5. The molecule has 0 radical (unpaired) electrons. The predicted octanol–water partition coefficient (Wildman–Crippen LogP) is 5.04. The van der Waals surface area contributed by atoms with E-state index in [1.165, 1.54) is 5.56 Å². The zero-order valence-corrected chi connectivity index (χ0v) is 18.2. The van der Waals surface area contributed by atoms with Gasteiger partial charge in [-0.2, -0.15) is 4.98 Å². The van der Waals surface area contributed by atoms with Crippen LogP contribution < -0.4 is 4.74 Å². The molecule has 2 unspecified atom stereocenters. The summed E-state index contributed by atoms with van der Waals surface area (Å²) in [6, 6.07) is 18.0. The zero-order chi connectivity index (χ0) is 21.6. The summed E-state index contributed by atoms with van der Waals surface area (Å²) in [5, 5.41) is 4.14. The molecule has 1 aliphatic rings. The fourth-order valence-corrected chi connectivity index (χ4v) is 3.88. The Labute approximate surface area is 183 Å². The highest BCUT2D eigenvalue weighted by molar-refractivity contribution is 5.79. The molecule has 1 fully saturated rings. The topological polar surface area (TPSA) is 68.5 Å². The lowest BCUT2D eigenvalue weighted by molar-refractivity contribution is -0.127. The van der Waals surface area contributed by atoms with E-state index in [0.717, 1.165) is 30.8 Å². The van der Waals surface area contributed by atoms with E-state index < -0.39 is 0 Å². The molecule has 2 heterocycles. The van der Waals surface area contributed by atoms with Crippen molar-refractivity contribution >= 4 is 5.91 Å². The van der Waals surface area contributed by atoms with Gasteiger partial charge in [0.2, 0.25) is 17.6 Å². The van der Waals surface area contributed by atoms with Gasteiger partial charge in [-0.15, -0.1) is 0 Å². The molecule has 31 heavy (non-hydrogen) atoms. The minimum atomic E-state index is -0.0617. The highest BCUT2D eigenvalue weighted by Crippen LogP contribution is 2.30. The van der Waals surface area contributed by atoms with Crippen LogP contribution in [0.5, 0.6) is 5.75 Å². The second kappa shape index (κ2) is 9.77. The van der Waals surface area contributed by atoms with Crippen LogP contribution >= 0.6 is 0 Å². The summed E-state index contributed by atoms with van der Waals surface area (Å²) in [4.78, 5) is 19.1. The second-order valence-electron chi connectivity index (χ2n) is 8.19. The van der Waals surface area contributed by atoms with E-state index in [0.29, 0.717) is 31.2 Å². The number of carbonyl (C=O) groups is 1. The van der Waals surface area contributed by atoms with Crippen molar-refractivity contribution in [3.63, 3.8) is 0 Å². The number of hydrogen-bond donors (Lipinski definition) is 0. The first-order chi connectivity index (χ1) is 15.1. The van der Waals surface area contributed by atoms with Crippen LogP contribution in [-0.4, -0.2) is 40.6 Å². The number of benzene rings is 2. The van der Waals surface area contributed by atoms with Gasteiger partial charge in [-0.25, -0.2) is 0 Å². The SMILES string of the molecule is CCCCOc1ccc(-c2noc(C3CC(=O)N(CC(C)c4ccccc4)C3)n2)cc1. The fourth-order valence-electron chi connectivity index (χ4n) is 3.88. The molecule has 2 aromatic carbocycles. The molecule has 0 aliphatic carbocycles. The lowest BCUT2D eigenvalue weighted by Gasteiger charge is -2.21. The Morgan fingerprint density at radius 3 is 2.68 bits per heavy atom. The van der Waals surface area contributed by atoms with Crippen LogP contribution in [0.2, 0.25) is 0 Å². The Kier molecular flexibility index (Phi) is 6.65. The Morgan fingerprint density at radius 1 is 1.16 bits per heavy atom. The van der Waals surface area contributed by atoms with Gasteiger partial charge in [0.1, 0.15) is 5.75 Å². The smallest absolute Gasteiger partial charge is 0.232 e. The first-order valence-corrected chi connectivity index (χ1v) is 11.0. The first kappa shape index (κ1) is 21.1. The maximum atomic E-state index is 12.6. The summed E-state index contributed by atoms with van der Waals surface area (Å²) in [6.45, 7) is 6.32. The number of unbranched alkanes of at least 4 members (excludes halogenated alkanes) is 1. The Bertz CT molecular complexity index is 985. The Morgan fingerprint density at radius 2 is 1.94 bits per heavy atom. The van der Waals surface area contributed by atoms with Gasteiger partial charge in [-0.1, -0.05) is 55.8 Å². The number of nitrogens with zero attached hydrogens (tertiary/aromatic N) is 3. The molecule has 3 aromatic rings. The Balaban J connectivity index is 1.37. The van der Waals surface area contributed by atoms with Crippen LogP contribution in [-0.2, 0) is 4.79 Å². The van der Waals surface area contributed by atoms with E-state index in [1.807, 2.05) is 47.4 Å². The van der Waals surface area contributed by atoms with Crippen LogP contribution in [0.15, 0.2) is 59.1 Å². The van der Waals surface area contributed by atoms with Crippen LogP contribution in [0.25, 0.3) is 11.4 Å². The van der Waals surface area contributed by atoms with E-state index in [4.69, 9.17) is 9.26 Å². The summed E-state index contributed by atoms with van der Waals surface area (Å²) in [7, 11) is 0. The molecule has 6 heteroatoms. The van der Waals surface area contributed by atoms with Crippen molar-refractivity contribution in [2.24, 2.45) is 0 Å². The number of aromatic nitrogens is 2. The van der Waals surface area contributed by atoms with Crippen molar-refractivity contribution in [2.45, 2.75) is 44.9 Å². The molecule has 1 aliphatic heterocycles. The minimum Gasteiger partial charge on any atom is -0.494 e. The molecule has 0 saturated carbocycles. The molecule has 0 bridgehead atoms. The third kappa shape index (κ3) is 5.13. The number of carbonyl (C=O) groups excluding carboxylic acids is 1. The van der Waals surface area contributed by atoms with Gasteiger partial charge in [0.25, 0.3) is 0 Å². The van der Waals surface area contributed by atoms with E-state index in [1.54, 1.807) is 0 Å². The number of amides is 1. The third-order valence-electron chi connectivity index (χ3n) is 5.75. The van der Waals surface area contributed by atoms with Gasteiger partial charge in [-0.3, -0.25) is 4.79 Å². The standard InChI is InChI=1S/C25H29N3O3/c1-3-4-14-30-22-12-10-20(11-13-22)24-26-25(31-27-24)21-15-23(29)28(17-21)16-18(2)19-8-6-5-7-9-19/h5-13,18,21H,3-4,14-17H2,1-2H3. The summed E-state index contributed by atoms with van der Waals surface area (Å²) in [5.74, 6) is 2.26. The molecule has 1 aromatic heterocycles. The van der Waals surface area contributed by atoms with Crippen LogP contribution in [0.1, 0.15) is 56.4 Å². The number of rotatable bonds is 9. The summed E-state index contributed by atoms with van der Waals surface area (Å²) in [6.07, 6.45) is 2.56. The molecule has 0 spiro atoms. The van der Waals surface area contributed by atoms with E-state index in [2.05, 4.69) is 36.1 Å². The van der Waals surface area contributed by atoms with Gasteiger partial charge in [0.05, 0.1) is 12.5 Å². The molecule has 0 N–H and O–H groups in total. The maximum absolute atomic E-state index is 12.6. The number of ether oxygens (including phenoxy) is 1. The van der Waals surface area contributed by atoms with Crippen molar-refractivity contribution in [2.75, 3.05) is 19.7 Å². The fraction of sp³-hybridized carbons (Fsp3) is 0.400. The molecule has 4 rings (SSSR count). The monoisotopic (exact) mass is 419 g/mol. The van der Waals surface area contributed by atoms with Crippen LogP contribution in [0.3, 0.4) is 0 Å². The Hall–Kier alpha value is -3.15. The van der Waals surface area contributed by atoms with Crippen LogP contribution in [0.4, 0.5) is 0 Å². The van der Waals surface area contributed by atoms with Crippen molar-refractivity contribution in [1.82, 2.24) is 15.0 Å². The minimum absolute atomic E-state index is 0.0617. The van der Waals surface area contributed by atoms with Crippen molar-refractivity contribution in [1.29, 1.82) is 0 Å². The lowest BCUT2D eigenvalue weighted by Crippen LogP contribution is -2.29. The first-order valence-electron chi connectivity index (χ1n) is 11.0. The molecule has 1 amide bonds. The van der Waals surface area contributed by atoms with Crippen molar-refractivity contribution in [3.8, 4) is 17.1 Å². The second-order valence-corrected chi connectivity index (χ2v) is 8.19. The number of hydrogen-bond acceptors (Lipinski definition) is 5. The van der Waals surface area contributed by atoms with Gasteiger partial charge in [0.15, 0.2) is 0 Å². The average molecular weight is 420 g/mol. The van der Waals surface area contributed by atoms with E-state index in [-0.39, 0.29) is 17.7 Å². The summed E-state index contributed by atoms with van der Waals surface area (Å²) >= 11 is 0. The van der Waals surface area contributed by atoms with Gasteiger partial charge >= 0.3 is 0 Å². The quantitative estimate of drug-likeness (QED) is 0.455. The van der Waals surface area contributed by atoms with Crippen LogP contribution in [0, 0.1) is 0 Å². The number of likely N-dealkylation sites (tertiary alicyclic amines) is 1. The molecular formula is C25H29N3O3. The van der Waals surface area contributed by atoms with Gasteiger partial charge in [0, 0.05) is 25.1 Å². The largest absolute Gasteiger partial charge is 0.494 e. The highest BCUT2D eigenvalue weighted by Gasteiger charge is 2.35. The van der Waals surface area contributed by atoms with Crippen molar-refractivity contribution < 1.29 is 14.1 Å². The summed E-state index contributed by atoms with van der Waals surface area (Å²) in [5.41, 5.74) is 2.11. The molecule has 6 nitrogen and oxygen atoms in total. The van der Waals surface area contributed by atoms with Gasteiger partial charge in [-0.05, 0) is 42.2 Å².